The molecule has 0 bridgehead atoms. The Balaban J connectivity index is 4.63. The molecule has 0 amide bonds. The second-order valence-corrected chi connectivity index (χ2v) is 16.0. The van der Waals surface area contributed by atoms with Gasteiger partial charge in [-0.15, -0.1) is 0 Å². The van der Waals surface area contributed by atoms with Crippen molar-refractivity contribution in [3.63, 3.8) is 0 Å². The van der Waals surface area contributed by atoms with Crippen LogP contribution >= 0.6 is 20.4 Å². The van der Waals surface area contributed by atoms with Gasteiger partial charge in [-0.3, -0.25) is 18.2 Å². The van der Waals surface area contributed by atoms with E-state index in [0.717, 1.165) is 32.6 Å². The van der Waals surface area contributed by atoms with Gasteiger partial charge in [0.25, 0.3) is 0 Å². The highest BCUT2D eigenvalue weighted by atomic mass is 32.3. The molecule has 0 saturated carbocycles. The van der Waals surface area contributed by atoms with Crippen molar-refractivity contribution in [1.82, 2.24) is 8.61 Å². The number of esters is 2. The van der Waals surface area contributed by atoms with Crippen molar-refractivity contribution >= 4 is 32.4 Å². The highest BCUT2D eigenvalue weighted by Crippen LogP contribution is 2.42. The van der Waals surface area contributed by atoms with Crippen LogP contribution in [0.25, 0.3) is 0 Å². The summed E-state index contributed by atoms with van der Waals surface area (Å²) in [6, 6.07) is 0. The molecule has 0 rings (SSSR count). The van der Waals surface area contributed by atoms with E-state index in [1.54, 1.807) is 0 Å². The lowest BCUT2D eigenvalue weighted by Gasteiger charge is -2.43. The maximum atomic E-state index is 11.7. The zero-order valence-corrected chi connectivity index (χ0v) is 20.3. The summed E-state index contributed by atoms with van der Waals surface area (Å²) < 4.78 is 15.0. The molecule has 0 radical (unpaired) electrons. The molecular weight excluding hydrogens is 384 g/mol. The van der Waals surface area contributed by atoms with Gasteiger partial charge in [-0.2, -0.15) is 20.4 Å². The molecular formula is C19H42N2O4S2. The minimum absolute atomic E-state index is 0.124. The molecule has 0 N–H and O–H groups in total. The summed E-state index contributed by atoms with van der Waals surface area (Å²) in [6.07, 6.45) is 15.4. The highest BCUT2D eigenvalue weighted by molar-refractivity contribution is 8.30. The fourth-order valence-corrected chi connectivity index (χ4v) is 5.27. The lowest BCUT2D eigenvalue weighted by atomic mass is 10.3. The third-order valence-electron chi connectivity index (χ3n) is 4.11. The Morgan fingerprint density at radius 2 is 1.00 bits per heavy atom. The second kappa shape index (κ2) is 12.9. The first-order chi connectivity index (χ1) is 12.4. The molecule has 0 heterocycles. The van der Waals surface area contributed by atoms with Gasteiger partial charge in [-0.25, -0.2) is 0 Å². The number of carbonyl (C=O) groups excluding carboxylic acids is 2. The maximum Gasteiger partial charge on any atom is 0.307 e. The van der Waals surface area contributed by atoms with Crippen molar-refractivity contribution < 1.29 is 19.1 Å². The Labute approximate surface area is 170 Å². The number of nitrogens with zero attached hydrogens (tertiary/aromatic N) is 2. The summed E-state index contributed by atoms with van der Waals surface area (Å²) in [5, 5.41) is 0. The van der Waals surface area contributed by atoms with Gasteiger partial charge in [0.1, 0.15) is 0 Å². The Morgan fingerprint density at radius 3 is 1.26 bits per heavy atom. The second-order valence-electron chi connectivity index (χ2n) is 7.87. The van der Waals surface area contributed by atoms with Crippen LogP contribution < -0.4 is 0 Å². The summed E-state index contributed by atoms with van der Waals surface area (Å²) in [5.41, 5.74) is 0. The van der Waals surface area contributed by atoms with Crippen LogP contribution in [-0.2, 0) is 19.1 Å². The van der Waals surface area contributed by atoms with Gasteiger partial charge in [0.05, 0.1) is 26.1 Å². The fraction of sp³-hybridized carbons (Fsp3) is 0.895. The van der Waals surface area contributed by atoms with Crippen LogP contribution in [0.5, 0.6) is 0 Å². The molecule has 8 heteroatoms. The quantitative estimate of drug-likeness (QED) is 0.398. The first-order valence-corrected chi connectivity index (χ1v) is 15.2. The molecule has 0 aliphatic heterocycles. The average Bonchev–Trinajstić information content (AvgIpc) is 2.51. The van der Waals surface area contributed by atoms with Gasteiger partial charge >= 0.3 is 11.9 Å². The predicted octanol–water partition coefficient (Wildman–Crippen LogP) is 3.10. The van der Waals surface area contributed by atoms with Crippen LogP contribution in [0.15, 0.2) is 0 Å². The third-order valence-corrected chi connectivity index (χ3v) is 7.93. The molecule has 0 aromatic carbocycles. The monoisotopic (exact) mass is 426 g/mol. The summed E-state index contributed by atoms with van der Waals surface area (Å²) in [5.74, 6) is -0.248. The van der Waals surface area contributed by atoms with Crippen LogP contribution in [0, 0.1) is 0 Å². The van der Waals surface area contributed by atoms with Gasteiger partial charge in [0.15, 0.2) is 0 Å². The summed E-state index contributed by atoms with van der Waals surface area (Å²) in [4.78, 5) is 23.4. The van der Waals surface area contributed by atoms with Crippen LogP contribution in [-0.4, -0.2) is 97.5 Å². The Bertz CT molecular complexity index is 408. The van der Waals surface area contributed by atoms with Gasteiger partial charge in [0.2, 0.25) is 0 Å². The minimum atomic E-state index is -0.902. The molecule has 0 aromatic heterocycles. The first-order valence-electron chi connectivity index (χ1n) is 9.59. The van der Waals surface area contributed by atoms with E-state index < -0.39 is 20.4 Å². The highest BCUT2D eigenvalue weighted by Gasteiger charge is 2.21. The van der Waals surface area contributed by atoms with Crippen LogP contribution in [0.3, 0.4) is 0 Å². The van der Waals surface area contributed by atoms with Crippen LogP contribution in [0.4, 0.5) is 0 Å². The molecule has 0 aromatic rings. The molecule has 0 fully saturated rings. The van der Waals surface area contributed by atoms with E-state index in [0.29, 0.717) is 26.1 Å². The lowest BCUT2D eigenvalue weighted by Crippen LogP contribution is -2.34. The van der Waals surface area contributed by atoms with E-state index in [1.807, 2.05) is 13.8 Å². The van der Waals surface area contributed by atoms with Crippen molar-refractivity contribution in [2.45, 2.75) is 33.1 Å². The Hall–Kier alpha value is -0.440. The summed E-state index contributed by atoms with van der Waals surface area (Å²) in [7, 11) is -1.80. The molecule has 164 valence electrons. The van der Waals surface area contributed by atoms with Gasteiger partial charge in [0, 0.05) is 26.2 Å². The van der Waals surface area contributed by atoms with Gasteiger partial charge < -0.3 is 9.47 Å². The topological polar surface area (TPSA) is 59.1 Å². The molecule has 0 aliphatic carbocycles. The smallest absolute Gasteiger partial charge is 0.307 e. The lowest BCUT2D eigenvalue weighted by molar-refractivity contribution is -0.144. The molecule has 6 nitrogen and oxygen atoms in total. The summed E-state index contributed by atoms with van der Waals surface area (Å²) in [6.45, 7) is 7.92. The molecule has 0 unspecified atom stereocenters. The van der Waals surface area contributed by atoms with Crippen LogP contribution in [0.2, 0.25) is 0 Å². The third kappa shape index (κ3) is 12.6. The molecule has 0 spiro atoms. The fourth-order valence-electron chi connectivity index (χ4n) is 2.64. The average molecular weight is 427 g/mol. The largest absolute Gasteiger partial charge is 0.466 e. The normalized spacial score (nSPS) is 13.7. The van der Waals surface area contributed by atoms with Crippen molar-refractivity contribution in [3.05, 3.63) is 0 Å². The molecule has 0 aliphatic rings. The van der Waals surface area contributed by atoms with E-state index in [4.69, 9.17) is 9.47 Å². The summed E-state index contributed by atoms with van der Waals surface area (Å²) >= 11 is 0. The van der Waals surface area contributed by atoms with E-state index >= 15 is 0 Å². The zero-order chi connectivity index (χ0) is 21.1. The van der Waals surface area contributed by atoms with E-state index in [9.17, 15) is 9.59 Å². The predicted molar refractivity (Wildman–Crippen MR) is 121 cm³/mol. The SMILES string of the molecule is CCOC(=O)CCN(CCCN(CCC(=O)OCC)S(C)(C)C)S(C)(C)C. The number of rotatable bonds is 14. The molecule has 0 saturated heterocycles. The van der Waals surface area contributed by atoms with Crippen molar-refractivity contribution in [3.8, 4) is 0 Å². The molecule has 0 atom stereocenters. The van der Waals surface area contributed by atoms with Gasteiger partial charge in [-0.05, 0) is 57.8 Å². The minimum Gasteiger partial charge on any atom is -0.466 e. The van der Waals surface area contributed by atoms with Crippen molar-refractivity contribution in [2.24, 2.45) is 0 Å². The standard InChI is InChI=1S/C19H42N2O4S2/c1-9-24-18(22)12-16-20(26(3,4)5)14-11-15-21(27(6,7)8)17-13-19(23)25-10-2/h9-17H2,1-8H3. The maximum absolute atomic E-state index is 11.7. The van der Waals surface area contributed by atoms with Crippen molar-refractivity contribution in [2.75, 3.05) is 76.9 Å². The van der Waals surface area contributed by atoms with Gasteiger partial charge in [-0.1, -0.05) is 0 Å². The van der Waals surface area contributed by atoms with Crippen molar-refractivity contribution in [1.29, 1.82) is 0 Å². The van der Waals surface area contributed by atoms with E-state index in [-0.39, 0.29) is 11.9 Å². The number of carbonyl (C=O) groups is 2. The van der Waals surface area contributed by atoms with Crippen LogP contribution in [0.1, 0.15) is 33.1 Å². The number of hydrogen-bond donors (Lipinski definition) is 0. The zero-order valence-electron chi connectivity index (χ0n) is 18.7. The number of hydrogen-bond acceptors (Lipinski definition) is 6. The molecule has 27 heavy (non-hydrogen) atoms. The Morgan fingerprint density at radius 1 is 0.667 bits per heavy atom. The van der Waals surface area contributed by atoms with E-state index in [1.165, 1.54) is 0 Å². The number of ether oxygens (including phenoxy) is 2. The Kier molecular flexibility index (Phi) is 12.7. The van der Waals surface area contributed by atoms with E-state index in [2.05, 4.69) is 46.1 Å². The first kappa shape index (κ1) is 26.6.